The van der Waals surface area contributed by atoms with Gasteiger partial charge in [0.1, 0.15) is 0 Å². The molecular weight excluding hydrogens is 253 g/mol. The summed E-state index contributed by atoms with van der Waals surface area (Å²) in [6, 6.07) is 0.251. The zero-order chi connectivity index (χ0) is 13.9. The summed E-state index contributed by atoms with van der Waals surface area (Å²) in [6.45, 7) is 0. The van der Waals surface area contributed by atoms with E-state index in [-0.39, 0.29) is 12.0 Å². The van der Waals surface area contributed by atoms with Crippen LogP contribution in [0.3, 0.4) is 0 Å². The van der Waals surface area contributed by atoms with Crippen LogP contribution in [0.25, 0.3) is 0 Å². The minimum absolute atomic E-state index is 0.251. The molecule has 0 aromatic heterocycles. The number of fused-ring (bicyclic) bond motifs is 5. The first-order valence-corrected chi connectivity index (χ1v) is 8.31. The van der Waals surface area contributed by atoms with Crippen molar-refractivity contribution in [3.05, 3.63) is 11.9 Å². The van der Waals surface area contributed by atoms with Crippen molar-refractivity contribution in [3.8, 4) is 0 Å². The van der Waals surface area contributed by atoms with Gasteiger partial charge in [-0.2, -0.15) is 0 Å². The van der Waals surface area contributed by atoms with Gasteiger partial charge in [0.25, 0.3) is 5.91 Å². The van der Waals surface area contributed by atoms with Crippen LogP contribution < -0.4 is 0 Å². The third-order valence-electron chi connectivity index (χ3n) is 6.78. The van der Waals surface area contributed by atoms with E-state index < -0.39 is 11.7 Å². The molecule has 4 aliphatic rings. The molecule has 6 atom stereocenters. The minimum Gasteiger partial charge on any atom is -0.336 e. The maximum atomic E-state index is 13.9. The van der Waals surface area contributed by atoms with Crippen LogP contribution in [0.2, 0.25) is 0 Å². The molecule has 0 spiro atoms. The fraction of sp³-hybridized carbons (Fsp3) is 0.824. The first-order valence-electron chi connectivity index (χ1n) is 8.31. The van der Waals surface area contributed by atoms with Gasteiger partial charge in [-0.15, -0.1) is 0 Å². The van der Waals surface area contributed by atoms with Crippen LogP contribution >= 0.6 is 0 Å². The van der Waals surface area contributed by atoms with Gasteiger partial charge in [-0.1, -0.05) is 12.8 Å². The van der Waals surface area contributed by atoms with Gasteiger partial charge in [0.05, 0.1) is 0 Å². The van der Waals surface area contributed by atoms with E-state index in [0.29, 0.717) is 5.92 Å². The number of halogens is 1. The Morgan fingerprint density at radius 2 is 1.85 bits per heavy atom. The van der Waals surface area contributed by atoms with E-state index in [4.69, 9.17) is 0 Å². The number of hydrogen-bond donors (Lipinski definition) is 0. The average Bonchev–Trinajstić information content (AvgIpc) is 2.93. The standard InChI is InChI=1S/C17H24FNO/c1-19-16-8-7-12-11-4-2-3-10(11)5-6-13(12)14(16)9-15(18)17(19)20/h9-14,16H,2-8H2,1H3. The van der Waals surface area contributed by atoms with Crippen molar-refractivity contribution in [2.45, 2.75) is 51.0 Å². The molecule has 0 bridgehead atoms. The molecule has 4 rings (SSSR count). The average molecular weight is 277 g/mol. The number of amides is 1. The molecule has 3 saturated carbocycles. The first-order chi connectivity index (χ1) is 9.66. The Morgan fingerprint density at radius 3 is 2.70 bits per heavy atom. The van der Waals surface area contributed by atoms with Gasteiger partial charge in [0.2, 0.25) is 0 Å². The highest BCUT2D eigenvalue weighted by Crippen LogP contribution is 2.55. The summed E-state index contributed by atoms with van der Waals surface area (Å²) in [7, 11) is 1.79. The molecule has 0 saturated heterocycles. The van der Waals surface area contributed by atoms with E-state index >= 15 is 0 Å². The van der Waals surface area contributed by atoms with Crippen LogP contribution in [-0.2, 0) is 4.79 Å². The number of hydrogen-bond acceptors (Lipinski definition) is 1. The molecule has 110 valence electrons. The Balaban J connectivity index is 1.65. The number of rotatable bonds is 0. The summed E-state index contributed by atoms with van der Waals surface area (Å²) in [6.07, 6.45) is 10.8. The van der Waals surface area contributed by atoms with Gasteiger partial charge in [-0.05, 0) is 61.9 Å². The second-order valence-electron chi connectivity index (χ2n) is 7.41. The monoisotopic (exact) mass is 277 g/mol. The second kappa shape index (κ2) is 4.57. The quantitative estimate of drug-likeness (QED) is 0.663. The highest BCUT2D eigenvalue weighted by Gasteiger charge is 2.50. The Kier molecular flexibility index (Phi) is 2.94. The summed E-state index contributed by atoms with van der Waals surface area (Å²) in [5, 5.41) is 0. The number of carbonyl (C=O) groups is 1. The molecule has 0 aromatic carbocycles. The SMILES string of the molecule is CN1C(=O)C(F)=CC2C3CCC4CCCC4C3CCC21. The van der Waals surface area contributed by atoms with E-state index in [9.17, 15) is 9.18 Å². The van der Waals surface area contributed by atoms with Gasteiger partial charge in [0, 0.05) is 19.0 Å². The lowest BCUT2D eigenvalue weighted by Gasteiger charge is -2.52. The highest BCUT2D eigenvalue weighted by atomic mass is 19.1. The van der Waals surface area contributed by atoms with Crippen LogP contribution in [0.1, 0.15) is 44.9 Å². The Morgan fingerprint density at radius 1 is 1.05 bits per heavy atom. The molecular formula is C17H24FNO. The van der Waals surface area contributed by atoms with Gasteiger partial charge in [-0.25, -0.2) is 4.39 Å². The fourth-order valence-electron chi connectivity index (χ4n) is 5.92. The van der Waals surface area contributed by atoms with E-state index in [1.165, 1.54) is 38.5 Å². The molecule has 1 aliphatic heterocycles. The smallest absolute Gasteiger partial charge is 0.282 e. The zero-order valence-electron chi connectivity index (χ0n) is 12.2. The summed E-state index contributed by atoms with van der Waals surface area (Å²) >= 11 is 0. The van der Waals surface area contributed by atoms with Crippen LogP contribution in [-0.4, -0.2) is 23.9 Å². The van der Waals surface area contributed by atoms with Crippen molar-refractivity contribution in [1.82, 2.24) is 4.90 Å². The number of nitrogens with zero attached hydrogens (tertiary/aromatic N) is 1. The molecule has 0 radical (unpaired) electrons. The zero-order valence-corrected chi connectivity index (χ0v) is 12.2. The first kappa shape index (κ1) is 12.8. The molecule has 3 aliphatic carbocycles. The largest absolute Gasteiger partial charge is 0.336 e. The summed E-state index contributed by atoms with van der Waals surface area (Å²) in [5.41, 5.74) is 0. The fourth-order valence-corrected chi connectivity index (χ4v) is 5.92. The molecule has 3 heteroatoms. The normalized spacial score (nSPS) is 47.4. The van der Waals surface area contributed by atoms with Gasteiger partial charge >= 0.3 is 0 Å². The highest BCUT2D eigenvalue weighted by molar-refractivity contribution is 5.92. The van der Waals surface area contributed by atoms with E-state index in [2.05, 4.69) is 0 Å². The van der Waals surface area contributed by atoms with Crippen LogP contribution in [0.5, 0.6) is 0 Å². The lowest BCUT2D eigenvalue weighted by Crippen LogP contribution is -2.53. The van der Waals surface area contributed by atoms with Crippen molar-refractivity contribution in [3.63, 3.8) is 0 Å². The Labute approximate surface area is 120 Å². The number of carbonyl (C=O) groups excluding carboxylic acids is 1. The van der Waals surface area contributed by atoms with E-state index in [0.717, 1.165) is 24.2 Å². The van der Waals surface area contributed by atoms with Crippen molar-refractivity contribution in [1.29, 1.82) is 0 Å². The lowest BCUT2D eigenvalue weighted by molar-refractivity contribution is -0.134. The Bertz CT molecular complexity index is 460. The summed E-state index contributed by atoms with van der Waals surface area (Å²) in [4.78, 5) is 13.5. The molecule has 20 heavy (non-hydrogen) atoms. The van der Waals surface area contributed by atoms with Crippen molar-refractivity contribution < 1.29 is 9.18 Å². The minimum atomic E-state index is -0.511. The molecule has 0 aromatic rings. The van der Waals surface area contributed by atoms with Crippen LogP contribution in [0.15, 0.2) is 11.9 Å². The predicted octanol–water partition coefficient (Wildman–Crippen LogP) is 3.53. The molecule has 6 unspecified atom stereocenters. The third-order valence-corrected chi connectivity index (χ3v) is 6.78. The topological polar surface area (TPSA) is 20.3 Å². The molecule has 3 fully saturated rings. The Hall–Kier alpha value is -0.860. The van der Waals surface area contributed by atoms with E-state index in [1.54, 1.807) is 18.0 Å². The summed E-state index contributed by atoms with van der Waals surface area (Å²) in [5.74, 6) is 2.62. The van der Waals surface area contributed by atoms with Gasteiger partial charge in [-0.3, -0.25) is 4.79 Å². The van der Waals surface area contributed by atoms with Gasteiger partial charge < -0.3 is 4.90 Å². The maximum Gasteiger partial charge on any atom is 0.282 e. The van der Waals surface area contributed by atoms with E-state index in [1.807, 2.05) is 0 Å². The maximum absolute atomic E-state index is 13.9. The second-order valence-corrected chi connectivity index (χ2v) is 7.41. The molecule has 2 nitrogen and oxygen atoms in total. The molecule has 0 N–H and O–H groups in total. The predicted molar refractivity (Wildman–Crippen MR) is 75.5 cm³/mol. The van der Waals surface area contributed by atoms with Crippen LogP contribution in [0.4, 0.5) is 4.39 Å². The number of likely N-dealkylation sites (N-methyl/N-ethyl adjacent to an activating group) is 1. The summed E-state index contributed by atoms with van der Waals surface area (Å²) < 4.78 is 13.9. The van der Waals surface area contributed by atoms with Gasteiger partial charge in [0.15, 0.2) is 5.83 Å². The lowest BCUT2D eigenvalue weighted by atomic mass is 9.57. The molecule has 1 amide bonds. The van der Waals surface area contributed by atoms with Crippen LogP contribution in [0, 0.1) is 29.6 Å². The molecule has 1 heterocycles. The van der Waals surface area contributed by atoms with Crippen molar-refractivity contribution in [2.75, 3.05) is 7.05 Å². The van der Waals surface area contributed by atoms with Crippen molar-refractivity contribution in [2.24, 2.45) is 29.6 Å². The third kappa shape index (κ3) is 1.71. The van der Waals surface area contributed by atoms with Crippen molar-refractivity contribution >= 4 is 5.91 Å².